The van der Waals surface area contributed by atoms with Crippen LogP contribution in [0.1, 0.15) is 45.2 Å². The summed E-state index contributed by atoms with van der Waals surface area (Å²) >= 11 is 0. The van der Waals surface area contributed by atoms with E-state index < -0.39 is 0 Å². The fourth-order valence-electron chi connectivity index (χ4n) is 4.64. The molecule has 1 amide bonds. The Morgan fingerprint density at radius 1 is 1.07 bits per heavy atom. The topological polar surface area (TPSA) is 41.6 Å². The van der Waals surface area contributed by atoms with Gasteiger partial charge in [0.05, 0.1) is 12.2 Å². The number of carbonyl (C=O) groups excluding carboxylic acids is 1. The van der Waals surface area contributed by atoms with Crippen LogP contribution in [0, 0.1) is 5.92 Å². The summed E-state index contributed by atoms with van der Waals surface area (Å²) in [5.41, 5.74) is 1.33. The van der Waals surface area contributed by atoms with Gasteiger partial charge >= 0.3 is 0 Å². The monoisotopic (exact) mass is 366 g/mol. The molecular weight excluding hydrogens is 336 g/mol. The molecule has 1 aliphatic heterocycles. The first kappa shape index (κ1) is 18.5. The number of hydrogen-bond donors (Lipinski definition) is 1. The molecule has 0 radical (unpaired) electrons. The van der Waals surface area contributed by atoms with Gasteiger partial charge < -0.3 is 15.0 Å². The zero-order chi connectivity index (χ0) is 19.0. The molecule has 144 valence electrons. The number of nitrogens with one attached hydrogen (secondary N) is 1. The molecule has 3 atom stereocenters. The van der Waals surface area contributed by atoms with Crippen molar-refractivity contribution in [2.24, 2.45) is 5.92 Å². The lowest BCUT2D eigenvalue weighted by Gasteiger charge is -2.42. The average molecular weight is 367 g/mol. The number of nitrogens with zero attached hydrogens (tertiary/aromatic N) is 1. The molecule has 2 aliphatic rings. The van der Waals surface area contributed by atoms with Crippen molar-refractivity contribution in [3.63, 3.8) is 0 Å². The van der Waals surface area contributed by atoms with Gasteiger partial charge in [-0.25, -0.2) is 0 Å². The molecule has 1 heterocycles. The fourth-order valence-corrected chi connectivity index (χ4v) is 4.64. The van der Waals surface area contributed by atoms with Crippen LogP contribution in [-0.2, 0) is 9.53 Å². The maximum absolute atomic E-state index is 12.8. The number of amides is 1. The van der Waals surface area contributed by atoms with E-state index in [0.717, 1.165) is 25.9 Å². The van der Waals surface area contributed by atoms with Crippen molar-refractivity contribution in [2.75, 3.05) is 13.1 Å². The molecule has 1 saturated carbocycles. The minimum atomic E-state index is 0.137. The van der Waals surface area contributed by atoms with Crippen LogP contribution >= 0.6 is 0 Å². The number of fused-ring (bicyclic) bond motifs is 1. The molecule has 4 heteroatoms. The molecule has 1 N–H and O–H groups in total. The van der Waals surface area contributed by atoms with Crippen LogP contribution in [0.4, 0.5) is 0 Å². The Labute approximate surface area is 161 Å². The molecule has 4 nitrogen and oxygen atoms in total. The number of rotatable bonds is 4. The number of morpholine rings is 1. The van der Waals surface area contributed by atoms with Gasteiger partial charge in [0.1, 0.15) is 0 Å². The second-order valence-corrected chi connectivity index (χ2v) is 8.32. The number of carbonyl (C=O) groups is 1. The van der Waals surface area contributed by atoms with Gasteiger partial charge in [0.25, 0.3) is 0 Å². The molecule has 2 fully saturated rings. The van der Waals surface area contributed by atoms with E-state index in [-0.39, 0.29) is 24.2 Å². The third-order valence-electron chi connectivity index (χ3n) is 5.99. The number of ether oxygens (including phenoxy) is 1. The third-order valence-corrected chi connectivity index (χ3v) is 5.99. The Morgan fingerprint density at radius 3 is 2.48 bits per heavy atom. The second kappa shape index (κ2) is 7.61. The molecule has 4 rings (SSSR count). The van der Waals surface area contributed by atoms with Crippen LogP contribution in [-0.4, -0.2) is 42.1 Å². The maximum Gasteiger partial charge on any atom is 0.225 e. The molecule has 0 spiro atoms. The van der Waals surface area contributed by atoms with E-state index in [4.69, 9.17) is 4.74 Å². The Hall–Kier alpha value is -1.91. The lowest BCUT2D eigenvalue weighted by molar-refractivity contribution is -0.150. The van der Waals surface area contributed by atoms with Crippen LogP contribution < -0.4 is 5.32 Å². The fraction of sp³-hybridized carbons (Fsp3) is 0.522. The molecule has 2 aromatic carbocycles. The average Bonchev–Trinajstić information content (AvgIpc) is 2.62. The van der Waals surface area contributed by atoms with Crippen molar-refractivity contribution in [3.05, 3.63) is 48.0 Å². The van der Waals surface area contributed by atoms with Gasteiger partial charge in [-0.1, -0.05) is 42.5 Å². The van der Waals surface area contributed by atoms with Crippen molar-refractivity contribution >= 4 is 16.7 Å². The minimum Gasteiger partial charge on any atom is -0.372 e. The molecule has 2 aromatic rings. The van der Waals surface area contributed by atoms with E-state index in [9.17, 15) is 4.79 Å². The smallest absolute Gasteiger partial charge is 0.225 e. The molecule has 1 saturated heterocycles. The SMILES string of the molecule is CC1CN(C(=O)C2CC(NC(C)c3cccc4ccccc34)C2)CC(C)O1. The summed E-state index contributed by atoms with van der Waals surface area (Å²) in [5, 5.41) is 6.32. The van der Waals surface area contributed by atoms with Crippen LogP contribution in [0.2, 0.25) is 0 Å². The first-order valence-corrected chi connectivity index (χ1v) is 10.2. The number of hydrogen-bond acceptors (Lipinski definition) is 3. The van der Waals surface area contributed by atoms with Crippen molar-refractivity contribution in [2.45, 2.75) is 57.9 Å². The highest BCUT2D eigenvalue weighted by Crippen LogP contribution is 2.33. The van der Waals surface area contributed by atoms with E-state index in [1.165, 1.54) is 16.3 Å². The molecule has 27 heavy (non-hydrogen) atoms. The largest absolute Gasteiger partial charge is 0.372 e. The minimum absolute atomic E-state index is 0.137. The summed E-state index contributed by atoms with van der Waals surface area (Å²) < 4.78 is 5.75. The molecule has 3 unspecified atom stereocenters. The third kappa shape index (κ3) is 3.87. The highest BCUT2D eigenvalue weighted by molar-refractivity contribution is 5.86. The zero-order valence-electron chi connectivity index (χ0n) is 16.5. The Bertz CT molecular complexity index is 800. The summed E-state index contributed by atoms with van der Waals surface area (Å²) in [6, 6.07) is 15.7. The van der Waals surface area contributed by atoms with Crippen molar-refractivity contribution in [1.82, 2.24) is 10.2 Å². The number of benzene rings is 2. The van der Waals surface area contributed by atoms with Gasteiger partial charge in [-0.2, -0.15) is 0 Å². The summed E-state index contributed by atoms with van der Waals surface area (Å²) in [6.45, 7) is 7.77. The van der Waals surface area contributed by atoms with Gasteiger partial charge in [0, 0.05) is 31.1 Å². The van der Waals surface area contributed by atoms with Crippen LogP contribution in [0.15, 0.2) is 42.5 Å². The molecular formula is C23H30N2O2. The summed E-state index contributed by atoms with van der Waals surface area (Å²) in [4.78, 5) is 14.8. The van der Waals surface area contributed by atoms with E-state index in [1.807, 2.05) is 18.7 Å². The molecule has 0 bridgehead atoms. The first-order chi connectivity index (χ1) is 13.0. The quantitative estimate of drug-likeness (QED) is 0.892. The standard InChI is InChI=1S/C23H30N2O2/c1-15-13-25(14-16(2)27-15)23(26)19-11-20(12-19)24-17(3)21-10-6-8-18-7-4-5-9-22(18)21/h4-10,15-17,19-20,24H,11-14H2,1-3H3. The highest BCUT2D eigenvalue weighted by atomic mass is 16.5. The van der Waals surface area contributed by atoms with E-state index in [2.05, 4.69) is 54.7 Å². The van der Waals surface area contributed by atoms with Gasteiger partial charge in [-0.3, -0.25) is 4.79 Å². The lowest BCUT2D eigenvalue weighted by Crippen LogP contribution is -2.54. The lowest BCUT2D eigenvalue weighted by atomic mass is 9.78. The Balaban J connectivity index is 1.34. The zero-order valence-corrected chi connectivity index (χ0v) is 16.5. The van der Waals surface area contributed by atoms with Gasteiger partial charge in [0.15, 0.2) is 0 Å². The second-order valence-electron chi connectivity index (χ2n) is 8.32. The highest BCUT2D eigenvalue weighted by Gasteiger charge is 2.39. The summed E-state index contributed by atoms with van der Waals surface area (Å²) in [5.74, 6) is 0.479. The predicted octanol–water partition coefficient (Wildman–Crippen LogP) is 3.90. The van der Waals surface area contributed by atoms with E-state index in [1.54, 1.807) is 0 Å². The Kier molecular flexibility index (Phi) is 5.20. The van der Waals surface area contributed by atoms with Gasteiger partial charge in [-0.15, -0.1) is 0 Å². The van der Waals surface area contributed by atoms with Crippen molar-refractivity contribution < 1.29 is 9.53 Å². The van der Waals surface area contributed by atoms with E-state index >= 15 is 0 Å². The summed E-state index contributed by atoms with van der Waals surface area (Å²) in [7, 11) is 0. The van der Waals surface area contributed by atoms with Gasteiger partial charge in [-0.05, 0) is 49.9 Å². The summed E-state index contributed by atoms with van der Waals surface area (Å²) in [6.07, 6.45) is 2.15. The van der Waals surface area contributed by atoms with Crippen molar-refractivity contribution in [1.29, 1.82) is 0 Å². The molecule has 0 aromatic heterocycles. The van der Waals surface area contributed by atoms with Crippen LogP contribution in [0.3, 0.4) is 0 Å². The van der Waals surface area contributed by atoms with Crippen molar-refractivity contribution in [3.8, 4) is 0 Å². The van der Waals surface area contributed by atoms with Gasteiger partial charge in [0.2, 0.25) is 5.91 Å². The first-order valence-electron chi connectivity index (χ1n) is 10.2. The van der Waals surface area contributed by atoms with E-state index in [0.29, 0.717) is 11.9 Å². The Morgan fingerprint density at radius 2 is 1.74 bits per heavy atom. The maximum atomic E-state index is 12.8. The molecule has 1 aliphatic carbocycles. The van der Waals surface area contributed by atoms with Crippen LogP contribution in [0.5, 0.6) is 0 Å². The predicted molar refractivity (Wildman–Crippen MR) is 109 cm³/mol. The normalized spacial score (nSPS) is 29.4. The van der Waals surface area contributed by atoms with Crippen LogP contribution in [0.25, 0.3) is 10.8 Å².